The number of nitrogens with one attached hydrogen (secondary N) is 1. The molecule has 0 bridgehead atoms. The van der Waals surface area contributed by atoms with E-state index in [2.05, 4.69) is 5.32 Å². The fourth-order valence-corrected chi connectivity index (χ4v) is 1.50. The van der Waals surface area contributed by atoms with Crippen LogP contribution < -0.4 is 5.32 Å². The van der Waals surface area contributed by atoms with Gasteiger partial charge < -0.3 is 15.2 Å². The number of hydrogen-bond acceptors (Lipinski definition) is 3. The van der Waals surface area contributed by atoms with Gasteiger partial charge in [0.15, 0.2) is 0 Å². The molecule has 0 heterocycles. The first-order valence-corrected chi connectivity index (χ1v) is 5.75. The van der Waals surface area contributed by atoms with Crippen LogP contribution in [-0.2, 0) is 4.74 Å². The zero-order chi connectivity index (χ0) is 12.6. The number of carbonyl (C=O) groups is 1. The molecule has 1 aliphatic rings. The van der Waals surface area contributed by atoms with Gasteiger partial charge in [0.25, 0.3) is 0 Å². The van der Waals surface area contributed by atoms with Crippen molar-refractivity contribution in [3.63, 3.8) is 0 Å². The molecule has 1 amide bonds. The molecule has 0 aromatic carbocycles. The van der Waals surface area contributed by atoms with Gasteiger partial charge in [-0.25, -0.2) is 4.79 Å². The minimum Gasteiger partial charge on any atom is -0.444 e. The third kappa shape index (κ3) is 3.37. The van der Waals surface area contributed by atoms with Crippen molar-refractivity contribution in [3.8, 4) is 0 Å². The minimum atomic E-state index is -0.857. The van der Waals surface area contributed by atoms with E-state index in [0.717, 1.165) is 12.8 Å². The molecular formula is C12H23NO3. The predicted molar refractivity (Wildman–Crippen MR) is 62.2 cm³/mol. The third-order valence-corrected chi connectivity index (χ3v) is 3.28. The molecule has 16 heavy (non-hydrogen) atoms. The van der Waals surface area contributed by atoms with Crippen molar-refractivity contribution in [2.45, 2.75) is 58.7 Å². The Morgan fingerprint density at radius 1 is 1.38 bits per heavy atom. The lowest BCUT2D eigenvalue weighted by molar-refractivity contribution is -0.0111. The Balaban J connectivity index is 2.37. The summed E-state index contributed by atoms with van der Waals surface area (Å²) in [6.07, 6.45) is 1.54. The third-order valence-electron chi connectivity index (χ3n) is 3.28. The Morgan fingerprint density at radius 2 is 1.88 bits per heavy atom. The molecule has 0 radical (unpaired) electrons. The molecule has 0 spiro atoms. The first-order chi connectivity index (χ1) is 7.06. The molecule has 0 aromatic rings. The zero-order valence-electron chi connectivity index (χ0n) is 10.9. The van der Waals surface area contributed by atoms with Gasteiger partial charge in [0, 0.05) is 6.54 Å². The van der Waals surface area contributed by atoms with Crippen LogP contribution in [0.1, 0.15) is 47.5 Å². The highest BCUT2D eigenvalue weighted by atomic mass is 16.6. The summed E-state index contributed by atoms with van der Waals surface area (Å²) in [5.41, 5.74) is -1.41. The van der Waals surface area contributed by atoms with Crippen LogP contribution in [0.3, 0.4) is 0 Å². The van der Waals surface area contributed by atoms with Crippen LogP contribution in [0.4, 0.5) is 4.79 Å². The van der Waals surface area contributed by atoms with E-state index in [1.807, 2.05) is 27.7 Å². The second-order valence-electron chi connectivity index (χ2n) is 6.19. The van der Waals surface area contributed by atoms with Gasteiger partial charge in [-0.2, -0.15) is 0 Å². The average molecular weight is 229 g/mol. The lowest BCUT2D eigenvalue weighted by atomic mass is 9.87. The molecule has 2 N–H and O–H groups in total. The van der Waals surface area contributed by atoms with Crippen molar-refractivity contribution in [3.05, 3.63) is 0 Å². The Kier molecular flexibility index (Phi) is 3.25. The normalized spacial score (nSPS) is 22.1. The van der Waals surface area contributed by atoms with Crippen molar-refractivity contribution in [1.82, 2.24) is 5.32 Å². The zero-order valence-corrected chi connectivity index (χ0v) is 10.9. The first-order valence-electron chi connectivity index (χ1n) is 5.75. The van der Waals surface area contributed by atoms with Crippen LogP contribution in [0.25, 0.3) is 0 Å². The number of aliphatic hydroxyl groups is 1. The highest BCUT2D eigenvalue weighted by Crippen LogP contribution is 2.53. The monoisotopic (exact) mass is 229 g/mol. The summed E-state index contributed by atoms with van der Waals surface area (Å²) in [4.78, 5) is 11.4. The van der Waals surface area contributed by atoms with Gasteiger partial charge in [-0.05, 0) is 46.0 Å². The first kappa shape index (κ1) is 13.3. The summed E-state index contributed by atoms with van der Waals surface area (Å²) in [6.45, 7) is 9.46. The molecule has 4 heteroatoms. The van der Waals surface area contributed by atoms with Crippen LogP contribution in [0, 0.1) is 5.41 Å². The molecule has 0 saturated heterocycles. The van der Waals surface area contributed by atoms with Crippen LogP contribution >= 0.6 is 0 Å². The van der Waals surface area contributed by atoms with E-state index < -0.39 is 17.3 Å². The van der Waals surface area contributed by atoms with E-state index in [9.17, 15) is 9.90 Å². The number of hydrogen-bond donors (Lipinski definition) is 2. The van der Waals surface area contributed by atoms with Crippen molar-refractivity contribution in [1.29, 1.82) is 0 Å². The summed E-state index contributed by atoms with van der Waals surface area (Å²) < 4.78 is 5.11. The fraction of sp³-hybridized carbons (Fsp3) is 0.917. The van der Waals surface area contributed by atoms with E-state index in [4.69, 9.17) is 4.74 Å². The van der Waals surface area contributed by atoms with E-state index in [1.54, 1.807) is 6.92 Å². The van der Waals surface area contributed by atoms with Gasteiger partial charge in [0.2, 0.25) is 0 Å². The maximum atomic E-state index is 11.4. The molecule has 1 aliphatic carbocycles. The van der Waals surface area contributed by atoms with Gasteiger partial charge in [0.1, 0.15) is 5.60 Å². The molecule has 0 aromatic heterocycles. The number of carbonyl (C=O) groups excluding carboxylic acids is 1. The van der Waals surface area contributed by atoms with Crippen molar-refractivity contribution >= 4 is 6.09 Å². The number of rotatable bonds is 3. The molecule has 1 atom stereocenters. The molecule has 94 valence electrons. The minimum absolute atomic E-state index is 0.0536. The molecule has 1 rings (SSSR count). The topological polar surface area (TPSA) is 58.6 Å². The predicted octanol–water partition coefficient (Wildman–Crippen LogP) is 2.06. The van der Waals surface area contributed by atoms with Crippen LogP contribution in [0.2, 0.25) is 0 Å². The van der Waals surface area contributed by atoms with E-state index >= 15 is 0 Å². The average Bonchev–Trinajstić information content (AvgIpc) is 2.79. The van der Waals surface area contributed by atoms with Crippen LogP contribution in [0.5, 0.6) is 0 Å². The second kappa shape index (κ2) is 3.91. The number of alkyl carbamates (subject to hydrolysis) is 1. The number of amides is 1. The van der Waals surface area contributed by atoms with Gasteiger partial charge in [-0.3, -0.25) is 0 Å². The van der Waals surface area contributed by atoms with E-state index in [-0.39, 0.29) is 12.0 Å². The number of ether oxygens (including phenoxy) is 1. The van der Waals surface area contributed by atoms with Crippen molar-refractivity contribution < 1.29 is 14.6 Å². The van der Waals surface area contributed by atoms with E-state index in [1.165, 1.54) is 0 Å². The lowest BCUT2D eigenvalue weighted by Crippen LogP contribution is -2.47. The Morgan fingerprint density at radius 3 is 2.25 bits per heavy atom. The fourth-order valence-electron chi connectivity index (χ4n) is 1.50. The largest absolute Gasteiger partial charge is 0.444 e. The maximum absolute atomic E-state index is 11.4. The van der Waals surface area contributed by atoms with Crippen LogP contribution in [-0.4, -0.2) is 28.9 Å². The van der Waals surface area contributed by atoms with Crippen molar-refractivity contribution in [2.24, 2.45) is 5.41 Å². The second-order valence-corrected chi connectivity index (χ2v) is 6.19. The summed E-state index contributed by atoms with van der Waals surface area (Å²) in [7, 11) is 0. The standard InChI is InChI=1S/C12H23NO3/c1-10(2,3)16-9(14)13-8-12(5,15)11(4)6-7-11/h15H,6-8H2,1-5H3,(H,13,14). The molecule has 0 aliphatic heterocycles. The quantitative estimate of drug-likeness (QED) is 0.778. The van der Waals surface area contributed by atoms with Gasteiger partial charge in [-0.15, -0.1) is 0 Å². The maximum Gasteiger partial charge on any atom is 0.407 e. The van der Waals surface area contributed by atoms with Gasteiger partial charge in [-0.1, -0.05) is 6.92 Å². The smallest absolute Gasteiger partial charge is 0.407 e. The van der Waals surface area contributed by atoms with E-state index in [0.29, 0.717) is 0 Å². The summed E-state index contributed by atoms with van der Waals surface area (Å²) in [6, 6.07) is 0. The van der Waals surface area contributed by atoms with Crippen LogP contribution in [0.15, 0.2) is 0 Å². The lowest BCUT2D eigenvalue weighted by Gasteiger charge is -2.31. The highest BCUT2D eigenvalue weighted by Gasteiger charge is 2.52. The molecule has 1 unspecified atom stereocenters. The summed E-state index contributed by atoms with van der Waals surface area (Å²) in [5, 5.41) is 12.8. The summed E-state index contributed by atoms with van der Waals surface area (Å²) >= 11 is 0. The SMILES string of the molecule is CC(C)(C)OC(=O)NCC(C)(O)C1(C)CC1. The van der Waals surface area contributed by atoms with Gasteiger partial charge in [0.05, 0.1) is 5.60 Å². The Hall–Kier alpha value is -0.770. The van der Waals surface area contributed by atoms with Crippen molar-refractivity contribution in [2.75, 3.05) is 6.54 Å². The molecule has 1 saturated carbocycles. The highest BCUT2D eigenvalue weighted by molar-refractivity contribution is 5.67. The Bertz CT molecular complexity index is 274. The molecule has 1 fully saturated rings. The Labute approximate surface area is 97.4 Å². The van der Waals surface area contributed by atoms with Gasteiger partial charge >= 0.3 is 6.09 Å². The molecule has 4 nitrogen and oxygen atoms in total. The molecular weight excluding hydrogens is 206 g/mol. The summed E-state index contributed by atoms with van der Waals surface area (Å²) in [5.74, 6) is 0.